The van der Waals surface area contributed by atoms with Crippen LogP contribution in [0.3, 0.4) is 0 Å². The van der Waals surface area contributed by atoms with Gasteiger partial charge in [0.15, 0.2) is 5.65 Å². The van der Waals surface area contributed by atoms with Gasteiger partial charge >= 0.3 is 0 Å². The molecule has 106 valence electrons. The fourth-order valence-electron chi connectivity index (χ4n) is 2.64. The molecule has 0 radical (unpaired) electrons. The number of H-pyrrole nitrogens is 1. The SMILES string of the molecule is CC(C)c1c(-c2cn[nH]c2)n(C)c2c(C#N)cnn2c1=O. The molecule has 0 bridgehead atoms. The maximum absolute atomic E-state index is 12.7. The lowest BCUT2D eigenvalue weighted by Crippen LogP contribution is -2.25. The standard InChI is InChI=1S/C14H14N6O/c1-8(2)11-12(10-5-16-17-6-10)19(3)13-9(4-15)7-18-20(13)14(11)21/h5-8H,1-3H3,(H,16,17). The predicted octanol–water partition coefficient (Wildman–Crippen LogP) is 1.42. The molecule has 0 saturated heterocycles. The van der Waals surface area contributed by atoms with Crippen molar-refractivity contribution < 1.29 is 0 Å². The van der Waals surface area contributed by atoms with Gasteiger partial charge in [-0.05, 0) is 5.92 Å². The van der Waals surface area contributed by atoms with Crippen molar-refractivity contribution in [3.63, 3.8) is 0 Å². The molecule has 0 spiro atoms. The summed E-state index contributed by atoms with van der Waals surface area (Å²) in [5.41, 5.74) is 2.88. The van der Waals surface area contributed by atoms with E-state index in [0.717, 1.165) is 11.3 Å². The second kappa shape index (κ2) is 4.59. The Bertz CT molecular complexity index is 908. The number of rotatable bonds is 2. The van der Waals surface area contributed by atoms with E-state index in [4.69, 9.17) is 0 Å². The Morgan fingerprint density at radius 2 is 2.14 bits per heavy atom. The van der Waals surface area contributed by atoms with E-state index in [1.165, 1.54) is 10.7 Å². The van der Waals surface area contributed by atoms with E-state index in [9.17, 15) is 10.1 Å². The molecular weight excluding hydrogens is 268 g/mol. The van der Waals surface area contributed by atoms with Crippen LogP contribution in [0.2, 0.25) is 0 Å². The molecule has 21 heavy (non-hydrogen) atoms. The average Bonchev–Trinajstić information content (AvgIpc) is 3.10. The molecule has 0 unspecified atom stereocenters. The summed E-state index contributed by atoms with van der Waals surface area (Å²) in [6, 6.07) is 2.07. The summed E-state index contributed by atoms with van der Waals surface area (Å²) in [5.74, 6) is 0.0211. The third-order valence-corrected chi connectivity index (χ3v) is 3.54. The third-order valence-electron chi connectivity index (χ3n) is 3.54. The van der Waals surface area contributed by atoms with Gasteiger partial charge < -0.3 is 4.57 Å². The number of nitrogens with zero attached hydrogens (tertiary/aromatic N) is 5. The summed E-state index contributed by atoms with van der Waals surface area (Å²) < 4.78 is 3.12. The van der Waals surface area contributed by atoms with E-state index in [2.05, 4.69) is 21.4 Å². The van der Waals surface area contributed by atoms with Crippen molar-refractivity contribution in [1.29, 1.82) is 5.26 Å². The summed E-state index contributed by atoms with van der Waals surface area (Å²) in [4.78, 5) is 12.7. The molecule has 0 aliphatic heterocycles. The van der Waals surface area contributed by atoms with E-state index in [1.54, 1.807) is 12.4 Å². The lowest BCUT2D eigenvalue weighted by molar-refractivity contribution is 0.758. The van der Waals surface area contributed by atoms with E-state index in [1.807, 2.05) is 25.5 Å². The number of aromatic amines is 1. The molecule has 0 saturated carbocycles. The Morgan fingerprint density at radius 1 is 1.38 bits per heavy atom. The second-order valence-corrected chi connectivity index (χ2v) is 5.17. The number of fused-ring (bicyclic) bond motifs is 1. The Labute approximate surface area is 120 Å². The Balaban J connectivity index is 2.56. The molecule has 1 N–H and O–H groups in total. The summed E-state index contributed by atoms with van der Waals surface area (Å²) in [6.45, 7) is 3.92. The van der Waals surface area contributed by atoms with Crippen molar-refractivity contribution in [2.45, 2.75) is 19.8 Å². The van der Waals surface area contributed by atoms with Gasteiger partial charge in [0.2, 0.25) is 0 Å². The first kappa shape index (κ1) is 13.1. The van der Waals surface area contributed by atoms with Crippen molar-refractivity contribution in [3.8, 4) is 17.3 Å². The highest BCUT2D eigenvalue weighted by Gasteiger charge is 2.22. The van der Waals surface area contributed by atoms with Crippen molar-refractivity contribution in [2.75, 3.05) is 0 Å². The van der Waals surface area contributed by atoms with Gasteiger partial charge in [0.05, 0.1) is 18.1 Å². The van der Waals surface area contributed by atoms with Gasteiger partial charge in [0.25, 0.3) is 5.56 Å². The second-order valence-electron chi connectivity index (χ2n) is 5.17. The summed E-state index contributed by atoms with van der Waals surface area (Å²) in [5, 5.41) is 20.0. The lowest BCUT2D eigenvalue weighted by atomic mass is 9.99. The van der Waals surface area contributed by atoms with Crippen LogP contribution in [0.25, 0.3) is 16.9 Å². The van der Waals surface area contributed by atoms with Crippen LogP contribution in [0.4, 0.5) is 0 Å². The zero-order valence-corrected chi connectivity index (χ0v) is 12.0. The molecular formula is C14H14N6O. The molecule has 7 heteroatoms. The molecule has 0 fully saturated rings. The zero-order valence-electron chi connectivity index (χ0n) is 12.0. The fourth-order valence-corrected chi connectivity index (χ4v) is 2.64. The molecule has 3 rings (SSSR count). The Hall–Kier alpha value is -2.88. The largest absolute Gasteiger partial charge is 0.327 e. The highest BCUT2D eigenvalue weighted by molar-refractivity contribution is 5.68. The normalized spacial score (nSPS) is 11.2. The first-order chi connectivity index (χ1) is 10.1. The highest BCUT2D eigenvalue weighted by Crippen LogP contribution is 2.27. The van der Waals surface area contributed by atoms with Crippen molar-refractivity contribution in [1.82, 2.24) is 24.4 Å². The van der Waals surface area contributed by atoms with Gasteiger partial charge in [-0.25, -0.2) is 0 Å². The van der Waals surface area contributed by atoms with Crippen LogP contribution in [-0.4, -0.2) is 24.4 Å². The maximum Gasteiger partial charge on any atom is 0.278 e. The van der Waals surface area contributed by atoms with E-state index < -0.39 is 0 Å². The first-order valence-corrected chi connectivity index (χ1v) is 6.56. The number of hydrogen-bond donors (Lipinski definition) is 1. The lowest BCUT2D eigenvalue weighted by Gasteiger charge is -2.16. The van der Waals surface area contributed by atoms with E-state index in [-0.39, 0.29) is 11.5 Å². The van der Waals surface area contributed by atoms with Crippen LogP contribution >= 0.6 is 0 Å². The molecule has 0 atom stereocenters. The number of aromatic nitrogens is 5. The van der Waals surface area contributed by atoms with Crippen LogP contribution < -0.4 is 5.56 Å². The molecule has 0 aliphatic rings. The molecule has 0 amide bonds. The topological polar surface area (TPSA) is 91.8 Å². The summed E-state index contributed by atoms with van der Waals surface area (Å²) >= 11 is 0. The number of hydrogen-bond acceptors (Lipinski definition) is 4. The third kappa shape index (κ3) is 1.76. The minimum atomic E-state index is -0.198. The van der Waals surface area contributed by atoms with Crippen LogP contribution in [-0.2, 0) is 7.05 Å². The molecule has 0 aliphatic carbocycles. The smallest absolute Gasteiger partial charge is 0.278 e. The van der Waals surface area contributed by atoms with Crippen molar-refractivity contribution in [3.05, 3.63) is 40.1 Å². The van der Waals surface area contributed by atoms with Crippen LogP contribution in [0, 0.1) is 11.3 Å². The van der Waals surface area contributed by atoms with E-state index >= 15 is 0 Å². The van der Waals surface area contributed by atoms with Crippen molar-refractivity contribution >= 4 is 5.65 Å². The van der Waals surface area contributed by atoms with Gasteiger partial charge in [-0.2, -0.15) is 20.0 Å². The Kier molecular flexibility index (Phi) is 2.87. The Morgan fingerprint density at radius 3 is 2.71 bits per heavy atom. The van der Waals surface area contributed by atoms with E-state index in [0.29, 0.717) is 16.8 Å². The highest BCUT2D eigenvalue weighted by atomic mass is 16.1. The molecule has 3 aromatic heterocycles. The van der Waals surface area contributed by atoms with Crippen molar-refractivity contribution in [2.24, 2.45) is 7.05 Å². The monoisotopic (exact) mass is 282 g/mol. The minimum Gasteiger partial charge on any atom is -0.327 e. The average molecular weight is 282 g/mol. The number of nitrogens with one attached hydrogen (secondary N) is 1. The first-order valence-electron chi connectivity index (χ1n) is 6.56. The summed E-state index contributed by atoms with van der Waals surface area (Å²) in [7, 11) is 1.82. The van der Waals surface area contributed by atoms with Gasteiger partial charge in [-0.1, -0.05) is 13.8 Å². The van der Waals surface area contributed by atoms with Gasteiger partial charge in [-0.3, -0.25) is 9.89 Å². The van der Waals surface area contributed by atoms with Gasteiger partial charge in [0, 0.05) is 24.4 Å². The van der Waals surface area contributed by atoms with Gasteiger partial charge in [-0.15, -0.1) is 0 Å². The zero-order chi connectivity index (χ0) is 15.1. The molecule has 3 heterocycles. The summed E-state index contributed by atoms with van der Waals surface area (Å²) in [6.07, 6.45) is 4.82. The fraction of sp³-hybridized carbons (Fsp3) is 0.286. The molecule has 7 nitrogen and oxygen atoms in total. The minimum absolute atomic E-state index is 0.0211. The molecule has 0 aromatic carbocycles. The maximum atomic E-state index is 12.7. The quantitative estimate of drug-likeness (QED) is 0.769. The number of nitriles is 1. The predicted molar refractivity (Wildman–Crippen MR) is 76.8 cm³/mol. The van der Waals surface area contributed by atoms with Crippen LogP contribution in [0.5, 0.6) is 0 Å². The van der Waals surface area contributed by atoms with Gasteiger partial charge in [0.1, 0.15) is 11.6 Å². The molecule has 3 aromatic rings. The number of aryl methyl sites for hydroxylation is 1. The van der Waals surface area contributed by atoms with Crippen LogP contribution in [0.1, 0.15) is 30.9 Å². The van der Waals surface area contributed by atoms with Crippen LogP contribution in [0.15, 0.2) is 23.4 Å².